The Balaban J connectivity index is 3.80. The Bertz CT molecular complexity index is 295. The van der Waals surface area contributed by atoms with E-state index in [0.717, 1.165) is 25.7 Å². The molecular weight excluding hydrogens is 407 g/mol. The van der Waals surface area contributed by atoms with Gasteiger partial charge in [-0.05, 0) is 0 Å². The van der Waals surface area contributed by atoms with Crippen LogP contribution in [0.3, 0.4) is 0 Å². The van der Waals surface area contributed by atoms with Crippen LogP contribution >= 0.6 is 0 Å². The first-order valence-electron chi connectivity index (χ1n) is 10.3. The standard InChI is InChI=1S/C20H40O2.O.Sn/c1-3-5-7-9-11-12-14-16-18-19(20(21)22)17-15-13-10-8-6-4-2;;/h19H,3-18H2,1-2H3,(H,21,22);;/q;;+1/p-1. The van der Waals surface area contributed by atoms with Crippen LogP contribution in [0.25, 0.3) is 0 Å². The topological polar surface area (TPSA) is 43.4 Å². The van der Waals surface area contributed by atoms with E-state index >= 15 is 0 Å². The Kier molecular flexibility index (Phi) is 19.4. The fraction of sp³-hybridized carbons (Fsp3) is 0.950. The van der Waals surface area contributed by atoms with Gasteiger partial charge in [0.1, 0.15) is 0 Å². The van der Waals surface area contributed by atoms with Gasteiger partial charge in [0.05, 0.1) is 0 Å². The number of carbonyl (C=O) groups is 1. The zero-order chi connectivity index (χ0) is 17.9. The first-order valence-corrected chi connectivity index (χ1v) is 12.7. The Labute approximate surface area is 160 Å². The molecule has 0 rings (SSSR count). The summed E-state index contributed by atoms with van der Waals surface area (Å²) in [7, 11) is 0. The van der Waals surface area contributed by atoms with Crippen LogP contribution in [0.5, 0.6) is 0 Å². The van der Waals surface area contributed by atoms with Crippen molar-refractivity contribution in [2.24, 2.45) is 5.92 Å². The van der Waals surface area contributed by atoms with Gasteiger partial charge in [-0.3, -0.25) is 0 Å². The monoisotopic (exact) mass is 447 g/mol. The first kappa shape index (κ1) is 24.1. The molecule has 1 unspecified atom stereocenters. The van der Waals surface area contributed by atoms with Crippen LogP contribution in [0.2, 0.25) is 0 Å². The molecule has 0 aliphatic heterocycles. The Morgan fingerprint density at radius 2 is 1.08 bits per heavy atom. The van der Waals surface area contributed by atoms with Crippen LogP contribution in [0.15, 0.2) is 0 Å². The van der Waals surface area contributed by atoms with E-state index in [4.69, 9.17) is 3.07 Å². The summed E-state index contributed by atoms with van der Waals surface area (Å²) in [4.78, 5) is 12.0. The van der Waals surface area contributed by atoms with Gasteiger partial charge >= 0.3 is 154 Å². The molecule has 0 aliphatic rings. The Morgan fingerprint density at radius 3 is 1.46 bits per heavy atom. The molecule has 1 atom stereocenters. The number of hydrogen-bond acceptors (Lipinski definition) is 3. The fourth-order valence-corrected chi connectivity index (χ4v) is 3.91. The predicted molar refractivity (Wildman–Crippen MR) is 101 cm³/mol. The summed E-state index contributed by atoms with van der Waals surface area (Å²) in [6.07, 6.45) is 19.6. The van der Waals surface area contributed by atoms with E-state index in [2.05, 4.69) is 13.8 Å². The third-order valence-corrected chi connectivity index (χ3v) is 5.60. The predicted octanol–water partition coefficient (Wildman–Crippen LogP) is 6.39. The molecule has 1 radical (unpaired) electrons. The van der Waals surface area contributed by atoms with Crippen molar-refractivity contribution in [1.82, 2.24) is 0 Å². The van der Waals surface area contributed by atoms with Gasteiger partial charge in [0.15, 0.2) is 0 Å². The van der Waals surface area contributed by atoms with Crippen molar-refractivity contribution in [2.75, 3.05) is 0 Å². The van der Waals surface area contributed by atoms with Crippen LogP contribution in [0.1, 0.15) is 117 Å². The molecule has 0 heterocycles. The molecule has 0 bridgehead atoms. The molecule has 24 heavy (non-hydrogen) atoms. The average Bonchev–Trinajstić information content (AvgIpc) is 2.58. The van der Waals surface area contributed by atoms with Gasteiger partial charge in [-0.2, -0.15) is 0 Å². The molecule has 0 amide bonds. The molecule has 141 valence electrons. The third-order valence-electron chi connectivity index (χ3n) is 4.79. The molecule has 0 aromatic carbocycles. The van der Waals surface area contributed by atoms with Gasteiger partial charge in [-0.15, -0.1) is 0 Å². The molecule has 0 aromatic rings. The minimum atomic E-state index is -2.11. The van der Waals surface area contributed by atoms with E-state index in [1.54, 1.807) is 0 Å². The van der Waals surface area contributed by atoms with Crippen molar-refractivity contribution < 1.29 is 10.9 Å². The Hall–Kier alpha value is 0.0687. The van der Waals surface area contributed by atoms with E-state index < -0.39 is 21.5 Å². The van der Waals surface area contributed by atoms with Crippen LogP contribution in [0, 0.1) is 5.92 Å². The van der Waals surface area contributed by atoms with Gasteiger partial charge in [-0.25, -0.2) is 0 Å². The molecule has 0 aromatic heterocycles. The molecular formula is C20H39O3Sn. The van der Waals surface area contributed by atoms with E-state index in [0.29, 0.717) is 0 Å². The summed E-state index contributed by atoms with van der Waals surface area (Å²) in [6.45, 7) is 4.47. The second-order valence-corrected chi connectivity index (χ2v) is 8.08. The number of rotatable bonds is 18. The maximum atomic E-state index is 12.0. The second-order valence-electron chi connectivity index (χ2n) is 7.02. The summed E-state index contributed by atoms with van der Waals surface area (Å²) >= 11 is -2.11. The van der Waals surface area contributed by atoms with Crippen molar-refractivity contribution >= 4 is 27.5 Å². The molecule has 0 fully saturated rings. The normalized spacial score (nSPS) is 12.1. The van der Waals surface area contributed by atoms with Crippen molar-refractivity contribution in [2.45, 2.75) is 117 Å². The van der Waals surface area contributed by atoms with Crippen LogP contribution in [-0.4, -0.2) is 27.5 Å². The molecule has 0 saturated heterocycles. The van der Waals surface area contributed by atoms with Gasteiger partial charge in [0, 0.05) is 0 Å². The van der Waals surface area contributed by atoms with E-state index in [-0.39, 0.29) is 11.9 Å². The molecule has 0 saturated carbocycles. The number of unbranched alkanes of at least 4 members (excludes halogenated alkanes) is 12. The van der Waals surface area contributed by atoms with E-state index in [9.17, 15) is 7.87 Å². The van der Waals surface area contributed by atoms with Gasteiger partial charge in [0.25, 0.3) is 0 Å². The summed E-state index contributed by atoms with van der Waals surface area (Å²) < 4.78 is 15.6. The molecule has 4 heteroatoms. The third kappa shape index (κ3) is 15.6. The zero-order valence-corrected chi connectivity index (χ0v) is 19.0. The second kappa shape index (κ2) is 19.4. The summed E-state index contributed by atoms with van der Waals surface area (Å²) in [5.74, 6) is -0.195. The summed E-state index contributed by atoms with van der Waals surface area (Å²) in [6, 6.07) is 0. The van der Waals surface area contributed by atoms with E-state index in [1.807, 2.05) is 0 Å². The van der Waals surface area contributed by atoms with Gasteiger partial charge < -0.3 is 0 Å². The van der Waals surface area contributed by atoms with Crippen molar-refractivity contribution in [1.29, 1.82) is 0 Å². The van der Waals surface area contributed by atoms with Crippen LogP contribution in [-0.2, 0) is 10.9 Å². The fourth-order valence-electron chi connectivity index (χ4n) is 3.20. The SMILES string of the molecule is CCCCCCCCCCC(CCCCCCCC)C(=O)[O][Sn]=[O]. The molecule has 0 N–H and O–H groups in total. The van der Waals surface area contributed by atoms with Crippen molar-refractivity contribution in [3.63, 3.8) is 0 Å². The molecule has 0 aliphatic carbocycles. The van der Waals surface area contributed by atoms with Crippen LogP contribution < -0.4 is 0 Å². The molecule has 0 spiro atoms. The summed E-state index contributed by atoms with van der Waals surface area (Å²) in [5.41, 5.74) is 0. The van der Waals surface area contributed by atoms with Crippen molar-refractivity contribution in [3.8, 4) is 0 Å². The Morgan fingerprint density at radius 1 is 0.708 bits per heavy atom. The molecule has 3 nitrogen and oxygen atoms in total. The van der Waals surface area contributed by atoms with Crippen molar-refractivity contribution in [3.05, 3.63) is 0 Å². The number of carbonyl (C=O) groups excluding carboxylic acids is 1. The quantitative estimate of drug-likeness (QED) is 0.181. The number of hydrogen-bond donors (Lipinski definition) is 0. The maximum absolute atomic E-state index is 12.0. The van der Waals surface area contributed by atoms with E-state index in [1.165, 1.54) is 77.0 Å². The average molecular weight is 446 g/mol. The van der Waals surface area contributed by atoms with Gasteiger partial charge in [-0.1, -0.05) is 6.92 Å². The minimum absolute atomic E-state index is 0.00823. The van der Waals surface area contributed by atoms with Gasteiger partial charge in [0.2, 0.25) is 0 Å². The summed E-state index contributed by atoms with van der Waals surface area (Å²) in [5, 5.41) is 0. The zero-order valence-electron chi connectivity index (χ0n) is 16.1. The van der Waals surface area contributed by atoms with Crippen LogP contribution in [0.4, 0.5) is 0 Å². The first-order chi connectivity index (χ1) is 11.8.